The second-order valence-electron chi connectivity index (χ2n) is 20.9. The summed E-state index contributed by atoms with van der Waals surface area (Å²) in [5.41, 5.74) is 21.9. The Bertz CT molecular complexity index is 3520. The van der Waals surface area contributed by atoms with E-state index in [9.17, 15) is 0 Å². The van der Waals surface area contributed by atoms with Crippen molar-refractivity contribution in [3.63, 3.8) is 0 Å². The van der Waals surface area contributed by atoms with Gasteiger partial charge in [0.05, 0.1) is 11.1 Å². The third kappa shape index (κ3) is 5.59. The summed E-state index contributed by atoms with van der Waals surface area (Å²) in [5.74, 6) is 0. The van der Waals surface area contributed by atoms with E-state index in [-0.39, 0.29) is 17.7 Å². The van der Waals surface area contributed by atoms with E-state index in [4.69, 9.17) is 0 Å². The van der Waals surface area contributed by atoms with Crippen LogP contribution in [0.4, 0.5) is 34.1 Å². The number of nitrogens with zero attached hydrogens (tertiary/aromatic N) is 3. The molecule has 0 saturated carbocycles. The van der Waals surface area contributed by atoms with Gasteiger partial charge in [0.15, 0.2) is 0 Å². The van der Waals surface area contributed by atoms with Crippen molar-refractivity contribution in [1.29, 1.82) is 0 Å². The highest BCUT2D eigenvalue weighted by atomic mass is 15.2. The summed E-state index contributed by atoms with van der Waals surface area (Å²) in [5, 5.41) is 2.64. The molecule has 0 unspecified atom stereocenters. The highest BCUT2D eigenvalue weighted by Crippen LogP contribution is 2.59. The van der Waals surface area contributed by atoms with Gasteiger partial charge < -0.3 is 14.3 Å². The van der Waals surface area contributed by atoms with Crippen molar-refractivity contribution in [2.75, 3.05) is 9.80 Å². The van der Waals surface area contributed by atoms with Crippen LogP contribution in [0.25, 0.3) is 32.9 Å². The van der Waals surface area contributed by atoms with Gasteiger partial charge in [-0.05, 0) is 127 Å². The number of anilines is 6. The fourth-order valence-corrected chi connectivity index (χ4v) is 12.0. The molecule has 67 heavy (non-hydrogen) atoms. The predicted octanol–water partition coefficient (Wildman–Crippen LogP) is 15.0. The van der Waals surface area contributed by atoms with Crippen molar-refractivity contribution < 1.29 is 0 Å². The Kier molecular flexibility index (Phi) is 8.45. The molecule has 3 aliphatic rings. The summed E-state index contributed by atoms with van der Waals surface area (Å²) < 4.78 is 2.73. The molecule has 0 radical (unpaired) electrons. The second-order valence-corrected chi connectivity index (χ2v) is 20.9. The van der Waals surface area contributed by atoms with Crippen LogP contribution >= 0.6 is 0 Å². The molecular weight excluding hydrogens is 810 g/mol. The van der Waals surface area contributed by atoms with Crippen molar-refractivity contribution in [3.8, 4) is 11.1 Å². The van der Waals surface area contributed by atoms with Gasteiger partial charge in [-0.25, -0.2) is 0 Å². The van der Waals surface area contributed by atoms with E-state index in [1.54, 1.807) is 0 Å². The van der Waals surface area contributed by atoms with E-state index in [1.807, 2.05) is 0 Å². The lowest BCUT2D eigenvalue weighted by Crippen LogP contribution is -2.58. The summed E-state index contributed by atoms with van der Waals surface area (Å²) in [6.45, 7) is 14.0. The first-order valence-corrected chi connectivity index (χ1v) is 23.9. The van der Waals surface area contributed by atoms with E-state index < -0.39 is 5.41 Å². The van der Waals surface area contributed by atoms with Gasteiger partial charge in [0.25, 0.3) is 0 Å². The minimum atomic E-state index is -0.594. The Labute approximate surface area is 394 Å². The SMILES string of the molecule is CC(C)(C)c1ccc2c(c1)c1cc(C(C)(C)C)cc3c1n2B1c2cccc4c2N(c2ccccc2C4(c2ccccc2)c2ccccc2)c2cc(N(c4ccccc4)c4ccccc4)cc-3c21. The number of rotatable bonds is 5. The van der Waals surface area contributed by atoms with E-state index in [0.717, 1.165) is 17.1 Å². The summed E-state index contributed by atoms with van der Waals surface area (Å²) in [4.78, 5) is 5.10. The molecule has 3 aliphatic heterocycles. The van der Waals surface area contributed by atoms with Crippen LogP contribution in [0.15, 0.2) is 206 Å². The highest BCUT2D eigenvalue weighted by Gasteiger charge is 2.52. The number of para-hydroxylation sites is 4. The van der Waals surface area contributed by atoms with Gasteiger partial charge in [-0.1, -0.05) is 181 Å². The molecule has 322 valence electrons. The van der Waals surface area contributed by atoms with Crippen LogP contribution in [0.2, 0.25) is 0 Å². The first-order valence-electron chi connectivity index (χ1n) is 23.9. The monoisotopic (exact) mass is 861 g/mol. The van der Waals surface area contributed by atoms with Crippen LogP contribution in [0.3, 0.4) is 0 Å². The maximum Gasteiger partial charge on any atom is 0.333 e. The lowest BCUT2D eigenvalue weighted by molar-refractivity contribution is 0.590. The van der Waals surface area contributed by atoms with Gasteiger partial charge in [0.2, 0.25) is 0 Å². The summed E-state index contributed by atoms with van der Waals surface area (Å²) in [6.07, 6.45) is 0. The van der Waals surface area contributed by atoms with Gasteiger partial charge in [-0.2, -0.15) is 0 Å². The molecule has 0 spiro atoms. The Balaban J connectivity index is 1.23. The van der Waals surface area contributed by atoms with Crippen LogP contribution in [-0.2, 0) is 16.2 Å². The topological polar surface area (TPSA) is 11.4 Å². The largest absolute Gasteiger partial charge is 0.375 e. The highest BCUT2D eigenvalue weighted by molar-refractivity contribution is 6.90. The molecular formula is C63H52BN3. The molecule has 4 heterocycles. The number of fused-ring (bicyclic) bond motifs is 9. The first-order chi connectivity index (χ1) is 32.5. The van der Waals surface area contributed by atoms with Crippen molar-refractivity contribution >= 4 is 73.7 Å². The molecule has 0 N–H and O–H groups in total. The van der Waals surface area contributed by atoms with E-state index in [1.165, 1.54) is 94.3 Å². The zero-order valence-corrected chi connectivity index (χ0v) is 39.0. The standard InChI is InChI=1S/C63H52BN3/c1-61(2,3)43-34-35-55-48(36-43)50-37-44(62(4,5)6)38-51-49-39-47(65(45-26-15-9-16-27-45)46-28-17-10-18-29-46)40-57-58(49)64(67(55)59(50)51)54-32-21-31-53-60(54)66(57)56-33-20-19-30-52(56)63(53,41-22-11-7-12-23-41)42-24-13-8-14-25-42/h7-40H,1-6H3. The van der Waals surface area contributed by atoms with E-state index >= 15 is 0 Å². The molecule has 0 fully saturated rings. The fraction of sp³-hybridized carbons (Fsp3) is 0.143. The Morgan fingerprint density at radius 1 is 0.448 bits per heavy atom. The van der Waals surface area contributed by atoms with Gasteiger partial charge in [-0.15, -0.1) is 0 Å². The maximum atomic E-state index is 2.73. The second kappa shape index (κ2) is 14.2. The van der Waals surface area contributed by atoms with Gasteiger partial charge in [0, 0.05) is 55.8 Å². The zero-order chi connectivity index (χ0) is 45.4. The molecule has 10 aromatic rings. The molecule has 4 heteroatoms. The Hall–Kier alpha value is -7.56. The lowest BCUT2D eigenvalue weighted by Gasteiger charge is -2.50. The van der Waals surface area contributed by atoms with Crippen LogP contribution in [0, 0.1) is 0 Å². The van der Waals surface area contributed by atoms with Crippen molar-refractivity contribution in [2.24, 2.45) is 0 Å². The van der Waals surface area contributed by atoms with Gasteiger partial charge in [0.1, 0.15) is 0 Å². The summed E-state index contributed by atoms with van der Waals surface area (Å²) >= 11 is 0. The molecule has 0 bridgehead atoms. The van der Waals surface area contributed by atoms with E-state index in [0.29, 0.717) is 0 Å². The number of aromatic nitrogens is 1. The average molecular weight is 862 g/mol. The Morgan fingerprint density at radius 3 is 1.64 bits per heavy atom. The normalized spacial score (nSPS) is 14.2. The summed E-state index contributed by atoms with van der Waals surface area (Å²) in [6, 6.07) is 78.0. The van der Waals surface area contributed by atoms with Crippen LogP contribution < -0.4 is 20.7 Å². The molecule has 0 saturated heterocycles. The third-order valence-corrected chi connectivity index (χ3v) is 15.1. The molecule has 3 nitrogen and oxygen atoms in total. The lowest BCUT2D eigenvalue weighted by atomic mass is 9.43. The van der Waals surface area contributed by atoms with E-state index in [2.05, 4.69) is 262 Å². The van der Waals surface area contributed by atoms with Crippen molar-refractivity contribution in [3.05, 3.63) is 240 Å². The maximum absolute atomic E-state index is 2.73. The average Bonchev–Trinajstić information content (AvgIpc) is 3.68. The third-order valence-electron chi connectivity index (χ3n) is 15.1. The Morgan fingerprint density at radius 2 is 1.01 bits per heavy atom. The molecule has 0 atom stereocenters. The first kappa shape index (κ1) is 39.8. The molecule has 13 rings (SSSR count). The number of hydrogen-bond donors (Lipinski definition) is 0. The van der Waals surface area contributed by atoms with Crippen molar-refractivity contribution in [1.82, 2.24) is 4.48 Å². The summed E-state index contributed by atoms with van der Waals surface area (Å²) in [7, 11) is 0. The fourth-order valence-electron chi connectivity index (χ4n) is 12.0. The minimum absolute atomic E-state index is 0.00787. The molecule has 0 aliphatic carbocycles. The minimum Gasteiger partial charge on any atom is -0.375 e. The van der Waals surface area contributed by atoms with Crippen LogP contribution in [0.5, 0.6) is 0 Å². The molecule has 9 aromatic carbocycles. The molecule has 0 amide bonds. The zero-order valence-electron chi connectivity index (χ0n) is 39.0. The quantitative estimate of drug-likeness (QED) is 0.160. The van der Waals surface area contributed by atoms with Gasteiger partial charge >= 0.3 is 6.85 Å². The smallest absolute Gasteiger partial charge is 0.333 e. The van der Waals surface area contributed by atoms with Gasteiger partial charge in [-0.3, -0.25) is 0 Å². The number of hydrogen-bond acceptors (Lipinski definition) is 2. The number of benzene rings is 9. The van der Waals surface area contributed by atoms with Crippen molar-refractivity contribution in [2.45, 2.75) is 57.8 Å². The van der Waals surface area contributed by atoms with Crippen LogP contribution in [0.1, 0.15) is 74.9 Å². The predicted molar refractivity (Wildman–Crippen MR) is 284 cm³/mol. The van der Waals surface area contributed by atoms with Crippen LogP contribution in [-0.4, -0.2) is 11.3 Å². The molecule has 1 aromatic heterocycles.